The van der Waals surface area contributed by atoms with Gasteiger partial charge in [0.25, 0.3) is 0 Å². The zero-order chi connectivity index (χ0) is 13.5. The Kier molecular flexibility index (Phi) is 4.50. The quantitative estimate of drug-likeness (QED) is 0.864. The van der Waals surface area contributed by atoms with E-state index in [4.69, 9.17) is 9.84 Å². The molecule has 1 heterocycles. The molecule has 19 heavy (non-hydrogen) atoms. The van der Waals surface area contributed by atoms with Crippen molar-refractivity contribution < 1.29 is 14.6 Å². The summed E-state index contributed by atoms with van der Waals surface area (Å²) in [5, 5.41) is 8.65. The van der Waals surface area contributed by atoms with Gasteiger partial charge in [-0.1, -0.05) is 30.3 Å². The number of aryl methyl sites for hydroxylation is 1. The summed E-state index contributed by atoms with van der Waals surface area (Å²) in [5.74, 6) is -0.282. The number of hydrogen-bond acceptors (Lipinski definition) is 3. The summed E-state index contributed by atoms with van der Waals surface area (Å²) in [7, 11) is 0. The monoisotopic (exact) mass is 257 g/mol. The van der Waals surface area contributed by atoms with E-state index < -0.39 is 5.97 Å². The highest BCUT2D eigenvalue weighted by Crippen LogP contribution is 2.13. The number of hydrogen-bond donors (Lipinski definition) is 1. The van der Waals surface area contributed by atoms with Crippen LogP contribution in [0.2, 0.25) is 0 Å². The van der Waals surface area contributed by atoms with Gasteiger partial charge in [0.15, 0.2) is 0 Å². The van der Waals surface area contributed by atoms with E-state index in [1.165, 1.54) is 0 Å². The van der Waals surface area contributed by atoms with Crippen LogP contribution in [-0.2, 0) is 17.8 Å². The van der Waals surface area contributed by atoms with Crippen molar-refractivity contribution in [2.45, 2.75) is 19.4 Å². The molecule has 0 unspecified atom stereocenters. The zero-order valence-electron chi connectivity index (χ0n) is 10.5. The molecule has 0 atom stereocenters. The third kappa shape index (κ3) is 4.43. The van der Waals surface area contributed by atoms with E-state index in [9.17, 15) is 4.79 Å². The highest BCUT2D eigenvalue weighted by Gasteiger charge is 2.02. The molecule has 1 aromatic heterocycles. The van der Waals surface area contributed by atoms with E-state index in [0.717, 1.165) is 11.1 Å². The van der Waals surface area contributed by atoms with Crippen LogP contribution in [0, 0.1) is 0 Å². The van der Waals surface area contributed by atoms with Crippen LogP contribution in [0.5, 0.6) is 5.88 Å². The van der Waals surface area contributed by atoms with Crippen molar-refractivity contribution in [3.8, 4) is 5.88 Å². The van der Waals surface area contributed by atoms with E-state index in [1.54, 1.807) is 18.3 Å². The Morgan fingerprint density at radius 2 is 1.95 bits per heavy atom. The largest absolute Gasteiger partial charge is 0.481 e. The number of pyridine rings is 1. The molecule has 1 aromatic carbocycles. The molecule has 2 aromatic rings. The molecule has 0 aliphatic heterocycles. The van der Waals surface area contributed by atoms with Crippen LogP contribution in [0.1, 0.15) is 17.5 Å². The molecule has 0 saturated carbocycles. The highest BCUT2D eigenvalue weighted by atomic mass is 16.5. The standard InChI is InChI=1S/C15H15NO3/c17-15(18)7-6-12-8-9-16-14(10-12)19-11-13-4-2-1-3-5-13/h1-5,8-10H,6-7,11H2,(H,17,18). The van der Waals surface area contributed by atoms with Crippen LogP contribution in [0.25, 0.3) is 0 Å². The van der Waals surface area contributed by atoms with Crippen LogP contribution in [0.3, 0.4) is 0 Å². The Labute approximate surface area is 111 Å². The molecular formula is C15H15NO3. The molecule has 98 valence electrons. The van der Waals surface area contributed by atoms with Crippen molar-refractivity contribution in [3.63, 3.8) is 0 Å². The van der Waals surface area contributed by atoms with Gasteiger partial charge in [-0.15, -0.1) is 0 Å². The first-order chi connectivity index (χ1) is 9.24. The number of carbonyl (C=O) groups is 1. The summed E-state index contributed by atoms with van der Waals surface area (Å²) in [6.07, 6.45) is 2.24. The average Bonchev–Trinajstić information content (AvgIpc) is 2.44. The second-order valence-electron chi connectivity index (χ2n) is 4.17. The number of carboxylic acid groups (broad SMARTS) is 1. The van der Waals surface area contributed by atoms with E-state index in [1.807, 2.05) is 30.3 Å². The fourth-order valence-corrected chi connectivity index (χ4v) is 1.67. The number of aliphatic carboxylic acids is 1. The van der Waals surface area contributed by atoms with E-state index in [2.05, 4.69) is 4.98 Å². The smallest absolute Gasteiger partial charge is 0.303 e. The van der Waals surface area contributed by atoms with Gasteiger partial charge in [0, 0.05) is 18.7 Å². The van der Waals surface area contributed by atoms with Crippen LogP contribution in [-0.4, -0.2) is 16.1 Å². The molecule has 2 rings (SSSR count). The summed E-state index contributed by atoms with van der Waals surface area (Å²) in [6.45, 7) is 0.455. The third-order valence-corrected chi connectivity index (χ3v) is 2.66. The fraction of sp³-hybridized carbons (Fsp3) is 0.200. The van der Waals surface area contributed by atoms with Crippen molar-refractivity contribution in [2.24, 2.45) is 0 Å². The molecule has 0 aliphatic rings. The minimum Gasteiger partial charge on any atom is -0.481 e. The van der Waals surface area contributed by atoms with Crippen molar-refractivity contribution in [1.29, 1.82) is 0 Å². The van der Waals surface area contributed by atoms with Gasteiger partial charge in [0.05, 0.1) is 0 Å². The first-order valence-corrected chi connectivity index (χ1v) is 6.07. The third-order valence-electron chi connectivity index (χ3n) is 2.66. The summed E-state index contributed by atoms with van der Waals surface area (Å²) < 4.78 is 5.58. The molecule has 0 spiro atoms. The molecular weight excluding hydrogens is 242 g/mol. The number of ether oxygens (including phenoxy) is 1. The second-order valence-corrected chi connectivity index (χ2v) is 4.17. The Balaban J connectivity index is 1.93. The first kappa shape index (κ1) is 13.1. The summed E-state index contributed by atoms with van der Waals surface area (Å²) in [5.41, 5.74) is 1.99. The van der Waals surface area contributed by atoms with Crippen molar-refractivity contribution in [2.75, 3.05) is 0 Å². The summed E-state index contributed by atoms with van der Waals surface area (Å²) >= 11 is 0. The van der Waals surface area contributed by atoms with E-state index >= 15 is 0 Å². The predicted molar refractivity (Wildman–Crippen MR) is 71.0 cm³/mol. The maximum absolute atomic E-state index is 10.5. The lowest BCUT2D eigenvalue weighted by Crippen LogP contribution is -2.00. The molecule has 4 heteroatoms. The lowest BCUT2D eigenvalue weighted by molar-refractivity contribution is -0.136. The summed E-state index contributed by atoms with van der Waals surface area (Å²) in [6, 6.07) is 13.4. The van der Waals surface area contributed by atoms with E-state index in [-0.39, 0.29) is 6.42 Å². The van der Waals surface area contributed by atoms with Crippen molar-refractivity contribution >= 4 is 5.97 Å². The Hall–Kier alpha value is -2.36. The van der Waals surface area contributed by atoms with Crippen molar-refractivity contribution in [1.82, 2.24) is 4.98 Å². The Morgan fingerprint density at radius 3 is 2.68 bits per heavy atom. The topological polar surface area (TPSA) is 59.4 Å². The average molecular weight is 257 g/mol. The van der Waals surface area contributed by atoms with Crippen molar-refractivity contribution in [3.05, 3.63) is 59.8 Å². The van der Waals surface area contributed by atoms with E-state index in [0.29, 0.717) is 18.9 Å². The van der Waals surface area contributed by atoms with Gasteiger partial charge >= 0.3 is 5.97 Å². The number of rotatable bonds is 6. The van der Waals surface area contributed by atoms with Crippen LogP contribution >= 0.6 is 0 Å². The van der Waals surface area contributed by atoms with Crippen LogP contribution in [0.15, 0.2) is 48.7 Å². The minimum atomic E-state index is -0.802. The molecule has 4 nitrogen and oxygen atoms in total. The second kappa shape index (κ2) is 6.54. The molecule has 0 bridgehead atoms. The lowest BCUT2D eigenvalue weighted by Gasteiger charge is -2.06. The fourth-order valence-electron chi connectivity index (χ4n) is 1.67. The zero-order valence-corrected chi connectivity index (χ0v) is 10.5. The van der Waals surface area contributed by atoms with Crippen LogP contribution in [0.4, 0.5) is 0 Å². The van der Waals surface area contributed by atoms with Gasteiger partial charge in [0.1, 0.15) is 6.61 Å². The molecule has 0 radical (unpaired) electrons. The molecule has 0 saturated heterocycles. The maximum atomic E-state index is 10.5. The molecule has 0 fully saturated rings. The number of aromatic nitrogens is 1. The number of benzene rings is 1. The van der Waals surface area contributed by atoms with Gasteiger partial charge in [-0.2, -0.15) is 0 Å². The normalized spacial score (nSPS) is 10.1. The molecule has 1 N–H and O–H groups in total. The van der Waals surface area contributed by atoms with Crippen LogP contribution < -0.4 is 4.74 Å². The van der Waals surface area contributed by atoms with Gasteiger partial charge in [-0.3, -0.25) is 4.79 Å². The Morgan fingerprint density at radius 1 is 1.16 bits per heavy atom. The van der Waals surface area contributed by atoms with Gasteiger partial charge < -0.3 is 9.84 Å². The highest BCUT2D eigenvalue weighted by molar-refractivity contribution is 5.67. The lowest BCUT2D eigenvalue weighted by atomic mass is 10.1. The maximum Gasteiger partial charge on any atom is 0.303 e. The molecule has 0 amide bonds. The van der Waals surface area contributed by atoms with Gasteiger partial charge in [-0.05, 0) is 23.6 Å². The first-order valence-electron chi connectivity index (χ1n) is 6.07. The Bertz CT molecular complexity index is 540. The predicted octanol–water partition coefficient (Wildman–Crippen LogP) is 2.68. The van der Waals surface area contributed by atoms with Gasteiger partial charge in [0.2, 0.25) is 5.88 Å². The van der Waals surface area contributed by atoms with Gasteiger partial charge in [-0.25, -0.2) is 4.98 Å². The molecule has 0 aliphatic carbocycles. The minimum absolute atomic E-state index is 0.113. The SMILES string of the molecule is O=C(O)CCc1ccnc(OCc2ccccc2)c1. The number of carboxylic acids is 1. The number of nitrogens with zero attached hydrogens (tertiary/aromatic N) is 1. The summed E-state index contributed by atoms with van der Waals surface area (Å²) in [4.78, 5) is 14.6.